The van der Waals surface area contributed by atoms with Gasteiger partial charge in [0.2, 0.25) is 0 Å². The number of amidine groups is 1. The third-order valence-electron chi connectivity index (χ3n) is 5.95. The van der Waals surface area contributed by atoms with Gasteiger partial charge in [0, 0.05) is 18.5 Å². The molecule has 0 bridgehead atoms. The third-order valence-corrected chi connectivity index (χ3v) is 5.95. The van der Waals surface area contributed by atoms with E-state index in [1.165, 1.54) is 0 Å². The zero-order valence-electron chi connectivity index (χ0n) is 17.4. The molecule has 4 rings (SSSR count). The van der Waals surface area contributed by atoms with Crippen LogP contribution in [-0.2, 0) is 0 Å². The van der Waals surface area contributed by atoms with Gasteiger partial charge in [-0.1, -0.05) is 18.7 Å². The van der Waals surface area contributed by atoms with Crippen LogP contribution in [-0.4, -0.2) is 51.2 Å². The van der Waals surface area contributed by atoms with Gasteiger partial charge >= 0.3 is 0 Å². The number of aliphatic hydroxyl groups is 1. The summed E-state index contributed by atoms with van der Waals surface area (Å²) >= 11 is 0. The number of aliphatic hydroxyl groups excluding tert-OH is 1. The van der Waals surface area contributed by atoms with Gasteiger partial charge in [0.1, 0.15) is 17.2 Å². The molecular formula is C23H28N6O. The molecule has 1 aliphatic heterocycles. The number of rotatable bonds is 6. The molecule has 7 heteroatoms. The summed E-state index contributed by atoms with van der Waals surface area (Å²) in [4.78, 5) is 16.6. The zero-order valence-corrected chi connectivity index (χ0v) is 17.4. The van der Waals surface area contributed by atoms with E-state index in [0.717, 1.165) is 67.0 Å². The lowest BCUT2D eigenvalue weighted by molar-refractivity contribution is 0.233. The van der Waals surface area contributed by atoms with Gasteiger partial charge < -0.3 is 15.8 Å². The van der Waals surface area contributed by atoms with Crippen molar-refractivity contribution in [2.45, 2.75) is 32.6 Å². The van der Waals surface area contributed by atoms with Crippen molar-refractivity contribution in [1.82, 2.24) is 14.9 Å². The van der Waals surface area contributed by atoms with E-state index in [1.807, 2.05) is 37.3 Å². The molecule has 3 N–H and O–H groups in total. The molecule has 1 aromatic carbocycles. The fourth-order valence-corrected chi connectivity index (χ4v) is 3.89. The van der Waals surface area contributed by atoms with E-state index in [1.54, 1.807) is 6.08 Å². The molecule has 2 heterocycles. The lowest BCUT2D eigenvalue weighted by Gasteiger charge is -2.20. The predicted molar refractivity (Wildman–Crippen MR) is 120 cm³/mol. The zero-order chi connectivity index (χ0) is 21.1. The third kappa shape index (κ3) is 3.85. The van der Waals surface area contributed by atoms with E-state index < -0.39 is 0 Å². The Hall–Kier alpha value is -3.06. The maximum Gasteiger partial charge on any atom is 0.128 e. The number of allylic oxidation sites excluding steroid dienone is 1. The number of hydrazone groups is 1. The number of aromatic nitrogens is 2. The van der Waals surface area contributed by atoms with E-state index in [9.17, 15) is 5.11 Å². The summed E-state index contributed by atoms with van der Waals surface area (Å²) in [6.07, 6.45) is 7.70. The summed E-state index contributed by atoms with van der Waals surface area (Å²) in [6.45, 7) is 7.83. The van der Waals surface area contributed by atoms with E-state index in [-0.39, 0.29) is 12.0 Å². The van der Waals surface area contributed by atoms with Gasteiger partial charge in [-0.2, -0.15) is 5.10 Å². The number of likely N-dealkylation sites (tertiary alicyclic amines) is 1. The van der Waals surface area contributed by atoms with E-state index in [0.29, 0.717) is 11.4 Å². The van der Waals surface area contributed by atoms with Gasteiger partial charge in [-0.3, -0.25) is 0 Å². The number of aryl methyl sites for hydroxylation is 1. The molecule has 156 valence electrons. The highest BCUT2D eigenvalue weighted by Gasteiger charge is 2.46. The molecule has 0 amide bonds. The number of hydrogen-bond donors (Lipinski definition) is 2. The molecule has 7 nitrogen and oxygen atoms in total. The second kappa shape index (κ2) is 8.36. The highest BCUT2D eigenvalue weighted by molar-refractivity contribution is 6.09. The van der Waals surface area contributed by atoms with E-state index >= 15 is 0 Å². The minimum absolute atomic E-state index is 0.0347. The summed E-state index contributed by atoms with van der Waals surface area (Å²) in [6, 6.07) is 7.72. The summed E-state index contributed by atoms with van der Waals surface area (Å²) in [5, 5.41) is 14.1. The van der Waals surface area contributed by atoms with Crippen LogP contribution in [0.25, 0.3) is 11.0 Å². The topological polar surface area (TPSA) is 100.0 Å². The largest absolute Gasteiger partial charge is 0.395 e. The van der Waals surface area contributed by atoms with Crippen LogP contribution in [0.5, 0.6) is 0 Å². The fourth-order valence-electron chi connectivity index (χ4n) is 3.89. The van der Waals surface area contributed by atoms with Crippen molar-refractivity contribution in [3.63, 3.8) is 0 Å². The summed E-state index contributed by atoms with van der Waals surface area (Å²) in [5.41, 5.74) is 3.90. The van der Waals surface area contributed by atoms with Crippen molar-refractivity contribution in [2.24, 2.45) is 21.4 Å². The van der Waals surface area contributed by atoms with Gasteiger partial charge in [-0.25, -0.2) is 15.0 Å². The monoisotopic (exact) mass is 404 g/mol. The second-order valence-corrected chi connectivity index (χ2v) is 8.00. The lowest BCUT2D eigenvalue weighted by Crippen LogP contribution is -2.27. The van der Waals surface area contributed by atoms with Crippen molar-refractivity contribution < 1.29 is 5.11 Å². The van der Waals surface area contributed by atoms with Gasteiger partial charge in [0.15, 0.2) is 0 Å². The summed E-state index contributed by atoms with van der Waals surface area (Å²) in [5.74, 6) is 6.62. The van der Waals surface area contributed by atoms with Crippen molar-refractivity contribution >= 4 is 22.6 Å². The first-order valence-electron chi connectivity index (χ1n) is 10.4. The van der Waals surface area contributed by atoms with E-state index in [4.69, 9.17) is 15.8 Å². The van der Waals surface area contributed by atoms with Crippen LogP contribution in [0, 0.1) is 12.3 Å². The minimum Gasteiger partial charge on any atom is -0.395 e. The quantitative estimate of drug-likeness (QED) is 0.334. The van der Waals surface area contributed by atoms with Crippen molar-refractivity contribution in [1.29, 1.82) is 0 Å². The van der Waals surface area contributed by atoms with Crippen molar-refractivity contribution in [3.8, 4) is 0 Å². The molecule has 1 saturated carbocycles. The number of hydrogen-bond acceptors (Lipinski definition) is 6. The molecule has 0 atom stereocenters. The molecule has 0 spiro atoms. The SMILES string of the molecule is C=CC(=N/C(=C\C(=N/N)c1nc2ccccc2nc1C)C1(CO)CC1)N1CCCC1. The maximum absolute atomic E-state index is 10.1. The molecule has 30 heavy (non-hydrogen) atoms. The Bertz CT molecular complexity index is 1040. The number of aliphatic imine (C=N–C) groups is 1. The molecule has 2 aliphatic rings. The number of benzene rings is 1. The predicted octanol–water partition coefficient (Wildman–Crippen LogP) is 2.94. The molecule has 1 aromatic heterocycles. The average molecular weight is 405 g/mol. The number of nitrogens with two attached hydrogens (primary N) is 1. The number of fused-ring (bicyclic) bond motifs is 1. The van der Waals surface area contributed by atoms with Crippen molar-refractivity contribution in [3.05, 3.63) is 60.1 Å². The Morgan fingerprint density at radius 1 is 1.23 bits per heavy atom. The Morgan fingerprint density at radius 2 is 1.90 bits per heavy atom. The summed E-state index contributed by atoms with van der Waals surface area (Å²) in [7, 11) is 0. The second-order valence-electron chi connectivity index (χ2n) is 8.00. The highest BCUT2D eigenvalue weighted by atomic mass is 16.3. The molecule has 0 radical (unpaired) electrons. The normalized spacial score (nSPS) is 19.4. The van der Waals surface area contributed by atoms with Gasteiger partial charge in [-0.05, 0) is 56.9 Å². The molecule has 2 aromatic rings. The first-order valence-corrected chi connectivity index (χ1v) is 10.4. The Morgan fingerprint density at radius 3 is 2.47 bits per heavy atom. The first kappa shape index (κ1) is 20.2. The number of nitrogens with zero attached hydrogens (tertiary/aromatic N) is 5. The first-order chi connectivity index (χ1) is 14.6. The molecule has 0 unspecified atom stereocenters. The van der Waals surface area contributed by atoms with Crippen molar-refractivity contribution in [2.75, 3.05) is 19.7 Å². The summed E-state index contributed by atoms with van der Waals surface area (Å²) < 4.78 is 0. The maximum atomic E-state index is 10.1. The smallest absolute Gasteiger partial charge is 0.128 e. The van der Waals surface area contributed by atoms with Crippen LogP contribution in [0.1, 0.15) is 37.1 Å². The fraction of sp³-hybridized carbons (Fsp3) is 0.391. The van der Waals surface area contributed by atoms with Crippen LogP contribution < -0.4 is 5.84 Å². The highest BCUT2D eigenvalue weighted by Crippen LogP contribution is 2.52. The van der Waals surface area contributed by atoms with Gasteiger partial charge in [0.25, 0.3) is 0 Å². The molecule has 1 saturated heterocycles. The Kier molecular flexibility index (Phi) is 5.63. The van der Waals surface area contributed by atoms with Crippen LogP contribution in [0.4, 0.5) is 0 Å². The van der Waals surface area contributed by atoms with Crippen LogP contribution in [0.15, 0.2) is 58.8 Å². The Balaban J connectivity index is 1.79. The Labute approximate surface area is 176 Å². The standard InChI is InChI=1S/C23H28N6O/c1-3-21(29-12-6-7-13-29)27-20(23(15-30)10-11-23)14-19(28-24)22-16(2)25-17-8-4-5-9-18(17)26-22/h3-5,8-9,14,30H,1,6-7,10-13,15,24H2,2H3/b20-14-,27-21?,28-19+. The molecular weight excluding hydrogens is 376 g/mol. The van der Waals surface area contributed by atoms with Crippen LogP contribution in [0.3, 0.4) is 0 Å². The van der Waals surface area contributed by atoms with Gasteiger partial charge in [-0.15, -0.1) is 0 Å². The average Bonchev–Trinajstić information content (AvgIpc) is 3.38. The number of para-hydroxylation sites is 2. The van der Waals surface area contributed by atoms with E-state index in [2.05, 4.69) is 21.6 Å². The van der Waals surface area contributed by atoms with Gasteiger partial charge in [0.05, 0.1) is 29.0 Å². The molecule has 2 fully saturated rings. The van der Waals surface area contributed by atoms with Crippen LogP contribution in [0.2, 0.25) is 0 Å². The lowest BCUT2D eigenvalue weighted by atomic mass is 10.0. The molecule has 1 aliphatic carbocycles. The minimum atomic E-state index is -0.359. The van der Waals surface area contributed by atoms with Crippen LogP contribution >= 0.6 is 0 Å².